The van der Waals surface area contributed by atoms with Gasteiger partial charge in [-0.1, -0.05) is 30.3 Å². The molecule has 1 aromatic heterocycles. The smallest absolute Gasteiger partial charge is 0.326 e. The predicted octanol–water partition coefficient (Wildman–Crippen LogP) is 3.00. The lowest BCUT2D eigenvalue weighted by Gasteiger charge is -2.10. The van der Waals surface area contributed by atoms with Gasteiger partial charge in [-0.15, -0.1) is 0 Å². The average Bonchev–Trinajstić information content (AvgIpc) is 2.67. The number of ether oxygens (including phenoxy) is 1. The molecule has 1 heterocycles. The minimum absolute atomic E-state index is 0.00694. The molecule has 8 nitrogen and oxygen atoms in total. The summed E-state index contributed by atoms with van der Waals surface area (Å²) >= 11 is 0. The highest BCUT2D eigenvalue weighted by Crippen LogP contribution is 2.19. The van der Waals surface area contributed by atoms with Crippen LogP contribution in [-0.2, 0) is 4.74 Å². The van der Waals surface area contributed by atoms with Crippen molar-refractivity contribution >= 4 is 34.3 Å². The van der Waals surface area contributed by atoms with Gasteiger partial charge in [-0.25, -0.2) is 9.78 Å². The lowest BCUT2D eigenvalue weighted by atomic mass is 10.1. The van der Waals surface area contributed by atoms with Gasteiger partial charge in [-0.05, 0) is 29.8 Å². The molecule has 146 valence electrons. The van der Waals surface area contributed by atoms with E-state index in [0.29, 0.717) is 31.3 Å². The predicted molar refractivity (Wildman–Crippen MR) is 110 cm³/mol. The summed E-state index contributed by atoms with van der Waals surface area (Å²) in [6.07, 6.45) is 0. The van der Waals surface area contributed by atoms with Crippen LogP contribution >= 0.6 is 0 Å². The van der Waals surface area contributed by atoms with Gasteiger partial charge in [0.1, 0.15) is 5.82 Å². The third kappa shape index (κ3) is 5.63. The SMILES string of the molecule is Cc1cc(NCCOCCO)nc(NC(=O)Nc2ccc3ccccc3c2)n1. The first-order valence-corrected chi connectivity index (χ1v) is 8.99. The van der Waals surface area contributed by atoms with E-state index in [1.807, 2.05) is 49.4 Å². The van der Waals surface area contributed by atoms with Crippen LogP contribution in [0.5, 0.6) is 0 Å². The number of amides is 2. The summed E-state index contributed by atoms with van der Waals surface area (Å²) in [4.78, 5) is 20.8. The second-order valence-corrected chi connectivity index (χ2v) is 6.12. The molecule has 0 atom stereocenters. The number of fused-ring (bicyclic) bond motifs is 1. The molecule has 3 aromatic rings. The Bertz CT molecular complexity index is 948. The fourth-order valence-electron chi connectivity index (χ4n) is 2.66. The van der Waals surface area contributed by atoms with E-state index in [1.165, 1.54) is 0 Å². The van der Waals surface area contributed by atoms with Gasteiger partial charge in [-0.2, -0.15) is 4.98 Å². The Kier molecular flexibility index (Phi) is 6.72. The van der Waals surface area contributed by atoms with E-state index in [0.717, 1.165) is 16.5 Å². The standard InChI is InChI=1S/C20H23N5O3/c1-14-12-18(21-8-10-28-11-9-26)24-19(22-14)25-20(27)23-17-7-6-15-4-2-3-5-16(15)13-17/h2-7,12-13,26H,8-11H2,1H3,(H3,21,22,23,24,25,27). The van der Waals surface area contributed by atoms with E-state index in [2.05, 4.69) is 25.9 Å². The number of aromatic nitrogens is 2. The molecule has 0 aliphatic rings. The van der Waals surface area contributed by atoms with Crippen LogP contribution in [-0.4, -0.2) is 47.5 Å². The number of anilines is 3. The zero-order chi connectivity index (χ0) is 19.8. The summed E-state index contributed by atoms with van der Waals surface area (Å²) in [5.74, 6) is 0.790. The number of aryl methyl sites for hydroxylation is 1. The number of rotatable bonds is 8. The van der Waals surface area contributed by atoms with Crippen molar-refractivity contribution in [2.45, 2.75) is 6.92 Å². The zero-order valence-electron chi connectivity index (χ0n) is 15.6. The first-order chi connectivity index (χ1) is 13.6. The number of hydrogen-bond donors (Lipinski definition) is 4. The van der Waals surface area contributed by atoms with Crippen LogP contribution in [0.25, 0.3) is 10.8 Å². The molecule has 28 heavy (non-hydrogen) atoms. The summed E-state index contributed by atoms with van der Waals surface area (Å²) in [6, 6.07) is 15.0. The topological polar surface area (TPSA) is 108 Å². The van der Waals surface area contributed by atoms with Gasteiger partial charge >= 0.3 is 6.03 Å². The Balaban J connectivity index is 1.59. The maximum absolute atomic E-state index is 12.3. The van der Waals surface area contributed by atoms with E-state index >= 15 is 0 Å². The van der Waals surface area contributed by atoms with E-state index in [4.69, 9.17) is 9.84 Å². The van der Waals surface area contributed by atoms with Crippen molar-refractivity contribution < 1.29 is 14.6 Å². The van der Waals surface area contributed by atoms with Crippen LogP contribution in [0.4, 0.5) is 22.2 Å². The van der Waals surface area contributed by atoms with Crippen LogP contribution in [0.15, 0.2) is 48.5 Å². The van der Waals surface area contributed by atoms with E-state index in [9.17, 15) is 4.79 Å². The number of benzene rings is 2. The number of aliphatic hydroxyl groups is 1. The third-order valence-electron chi connectivity index (χ3n) is 3.88. The molecule has 0 bridgehead atoms. The number of urea groups is 1. The zero-order valence-corrected chi connectivity index (χ0v) is 15.6. The summed E-state index contributed by atoms with van der Waals surface area (Å²) in [7, 11) is 0. The highest BCUT2D eigenvalue weighted by molar-refractivity contribution is 6.00. The fourth-order valence-corrected chi connectivity index (χ4v) is 2.66. The minimum atomic E-state index is -0.418. The first-order valence-electron chi connectivity index (χ1n) is 8.99. The van der Waals surface area contributed by atoms with Crippen molar-refractivity contribution in [3.05, 3.63) is 54.2 Å². The molecule has 0 aliphatic heterocycles. The second-order valence-electron chi connectivity index (χ2n) is 6.12. The van der Waals surface area contributed by atoms with E-state index in [1.54, 1.807) is 6.07 Å². The van der Waals surface area contributed by atoms with Crippen LogP contribution < -0.4 is 16.0 Å². The van der Waals surface area contributed by atoms with Gasteiger partial charge in [0.2, 0.25) is 5.95 Å². The molecule has 0 radical (unpaired) electrons. The molecule has 0 aliphatic carbocycles. The molecule has 4 N–H and O–H groups in total. The summed E-state index contributed by atoms with van der Waals surface area (Å²) < 4.78 is 5.19. The van der Waals surface area contributed by atoms with Crippen LogP contribution in [0.3, 0.4) is 0 Å². The van der Waals surface area contributed by atoms with Crippen LogP contribution in [0.1, 0.15) is 5.69 Å². The van der Waals surface area contributed by atoms with Crippen LogP contribution in [0.2, 0.25) is 0 Å². The molecule has 8 heteroatoms. The van der Waals surface area contributed by atoms with Gasteiger partial charge in [0.25, 0.3) is 0 Å². The van der Waals surface area contributed by atoms with Crippen molar-refractivity contribution in [2.75, 3.05) is 42.3 Å². The normalized spacial score (nSPS) is 10.6. The maximum atomic E-state index is 12.3. The van der Waals surface area contributed by atoms with E-state index < -0.39 is 6.03 Å². The Labute approximate surface area is 163 Å². The lowest BCUT2D eigenvalue weighted by molar-refractivity contribution is 0.0992. The quantitative estimate of drug-likeness (QED) is 0.447. The second kappa shape index (κ2) is 9.63. The van der Waals surface area contributed by atoms with Gasteiger partial charge in [0.15, 0.2) is 0 Å². The molecular weight excluding hydrogens is 358 g/mol. The maximum Gasteiger partial charge on any atom is 0.326 e. The summed E-state index contributed by atoms with van der Waals surface area (Å²) in [5.41, 5.74) is 1.40. The van der Waals surface area contributed by atoms with Crippen molar-refractivity contribution in [3.63, 3.8) is 0 Å². The number of nitrogens with one attached hydrogen (secondary N) is 3. The number of carbonyl (C=O) groups excluding carboxylic acids is 1. The average molecular weight is 381 g/mol. The molecule has 0 unspecified atom stereocenters. The summed E-state index contributed by atoms with van der Waals surface area (Å²) in [5, 5.41) is 19.4. The number of aliphatic hydroxyl groups excluding tert-OH is 1. The largest absolute Gasteiger partial charge is 0.394 e. The van der Waals surface area contributed by atoms with Gasteiger partial charge in [-0.3, -0.25) is 5.32 Å². The molecule has 2 aromatic carbocycles. The van der Waals surface area contributed by atoms with Crippen molar-refractivity contribution in [3.8, 4) is 0 Å². The Morgan fingerprint density at radius 1 is 1.04 bits per heavy atom. The summed E-state index contributed by atoms with van der Waals surface area (Å²) in [6.45, 7) is 3.08. The fraction of sp³-hybridized carbons (Fsp3) is 0.250. The van der Waals surface area contributed by atoms with Crippen molar-refractivity contribution in [2.24, 2.45) is 0 Å². The Morgan fingerprint density at radius 3 is 2.68 bits per heavy atom. The monoisotopic (exact) mass is 381 g/mol. The highest BCUT2D eigenvalue weighted by atomic mass is 16.5. The van der Waals surface area contributed by atoms with Gasteiger partial charge in [0, 0.05) is 24.0 Å². The van der Waals surface area contributed by atoms with Gasteiger partial charge in [0.05, 0.1) is 19.8 Å². The molecule has 3 rings (SSSR count). The van der Waals surface area contributed by atoms with E-state index in [-0.39, 0.29) is 12.6 Å². The minimum Gasteiger partial charge on any atom is -0.394 e. The molecule has 0 saturated heterocycles. The third-order valence-corrected chi connectivity index (χ3v) is 3.88. The Hall–Kier alpha value is -3.23. The molecule has 0 fully saturated rings. The molecule has 0 saturated carbocycles. The lowest BCUT2D eigenvalue weighted by Crippen LogP contribution is -2.21. The molecular formula is C20H23N5O3. The van der Waals surface area contributed by atoms with Gasteiger partial charge < -0.3 is 20.5 Å². The molecule has 2 amide bonds. The number of nitrogens with zero attached hydrogens (tertiary/aromatic N) is 2. The molecule has 0 spiro atoms. The first kappa shape index (κ1) is 19.5. The van der Waals surface area contributed by atoms with Crippen molar-refractivity contribution in [1.82, 2.24) is 9.97 Å². The number of carbonyl (C=O) groups is 1. The Morgan fingerprint density at radius 2 is 1.86 bits per heavy atom. The van der Waals surface area contributed by atoms with Crippen molar-refractivity contribution in [1.29, 1.82) is 0 Å². The highest BCUT2D eigenvalue weighted by Gasteiger charge is 2.08. The number of hydrogen-bond acceptors (Lipinski definition) is 6. The van der Waals surface area contributed by atoms with Crippen LogP contribution in [0, 0.1) is 6.92 Å².